The van der Waals surface area contributed by atoms with Gasteiger partial charge in [0.15, 0.2) is 0 Å². The van der Waals surface area contributed by atoms with E-state index in [1.807, 2.05) is 20.8 Å². The molecule has 1 aliphatic rings. The highest BCUT2D eigenvalue weighted by Gasteiger charge is 2.40. The van der Waals surface area contributed by atoms with E-state index in [9.17, 15) is 20.1 Å². The Kier molecular flexibility index (Phi) is 8.27. The number of aliphatic hydroxyl groups is 3. The van der Waals surface area contributed by atoms with Crippen LogP contribution < -0.4 is 5.32 Å². The zero-order valence-electron chi connectivity index (χ0n) is 12.9. The van der Waals surface area contributed by atoms with Gasteiger partial charge in [0, 0.05) is 5.41 Å². The van der Waals surface area contributed by atoms with Crippen LogP contribution in [-0.4, -0.2) is 59.3 Å². The molecule has 0 aromatic heterocycles. The highest BCUT2D eigenvalue weighted by Crippen LogP contribution is 2.33. The summed E-state index contributed by atoms with van der Waals surface area (Å²) in [6, 6.07) is 0. The Hall–Kier alpha value is -0.690. The van der Waals surface area contributed by atoms with Crippen molar-refractivity contribution in [1.82, 2.24) is 5.32 Å². The van der Waals surface area contributed by atoms with E-state index >= 15 is 0 Å². The number of rotatable bonds is 4. The van der Waals surface area contributed by atoms with Crippen molar-refractivity contribution in [3.63, 3.8) is 0 Å². The van der Waals surface area contributed by atoms with Crippen molar-refractivity contribution in [2.75, 3.05) is 19.7 Å². The molecule has 0 aliphatic carbocycles. The fraction of sp³-hybridized carbons (Fsp3) is 0.929. The fourth-order valence-electron chi connectivity index (χ4n) is 2.13. The topological polar surface area (TPSA) is 99.0 Å². The summed E-state index contributed by atoms with van der Waals surface area (Å²) in [5.41, 5.74) is -0.818. The summed E-state index contributed by atoms with van der Waals surface area (Å²) in [6.07, 6.45) is -0.157. The van der Waals surface area contributed by atoms with Gasteiger partial charge < -0.3 is 25.4 Å². The van der Waals surface area contributed by atoms with Crippen LogP contribution in [-0.2, 0) is 9.53 Å². The minimum Gasteiger partial charge on any atom is -0.462 e. The molecule has 0 radical (unpaired) electrons. The third-order valence-electron chi connectivity index (χ3n) is 3.40. The van der Waals surface area contributed by atoms with E-state index in [1.54, 1.807) is 6.92 Å². The Morgan fingerprint density at radius 3 is 2.05 bits per heavy atom. The average molecular weight is 291 g/mol. The Labute approximate surface area is 121 Å². The van der Waals surface area contributed by atoms with Crippen molar-refractivity contribution in [1.29, 1.82) is 0 Å². The van der Waals surface area contributed by atoms with Crippen LogP contribution in [0.4, 0.5) is 0 Å². The Morgan fingerprint density at radius 2 is 1.80 bits per heavy atom. The third-order valence-corrected chi connectivity index (χ3v) is 3.40. The molecule has 20 heavy (non-hydrogen) atoms. The van der Waals surface area contributed by atoms with Gasteiger partial charge >= 0.3 is 0 Å². The van der Waals surface area contributed by atoms with Crippen molar-refractivity contribution < 1.29 is 24.9 Å². The first kappa shape index (κ1) is 19.3. The summed E-state index contributed by atoms with van der Waals surface area (Å²) < 4.78 is 4.55. The first-order valence-electron chi connectivity index (χ1n) is 6.98. The second-order valence-electron chi connectivity index (χ2n) is 6.28. The van der Waals surface area contributed by atoms with Gasteiger partial charge in [-0.25, -0.2) is 0 Å². The second kappa shape index (κ2) is 8.56. The smallest absolute Gasteiger partial charge is 0.293 e. The van der Waals surface area contributed by atoms with Crippen LogP contribution >= 0.6 is 0 Å². The number of hydrogen-bond acceptors (Lipinski definition) is 6. The van der Waals surface area contributed by atoms with E-state index in [4.69, 9.17) is 0 Å². The average Bonchev–Trinajstić information content (AvgIpc) is 2.38. The van der Waals surface area contributed by atoms with Crippen LogP contribution in [0.3, 0.4) is 0 Å². The van der Waals surface area contributed by atoms with Gasteiger partial charge in [-0.05, 0) is 53.6 Å². The predicted octanol–water partition coefficient (Wildman–Crippen LogP) is 0.0481. The van der Waals surface area contributed by atoms with Crippen molar-refractivity contribution >= 4 is 6.47 Å². The molecule has 120 valence electrons. The molecule has 0 bridgehead atoms. The van der Waals surface area contributed by atoms with Crippen molar-refractivity contribution in [3.05, 3.63) is 0 Å². The molecule has 1 unspecified atom stereocenters. The zero-order valence-corrected chi connectivity index (χ0v) is 12.9. The van der Waals surface area contributed by atoms with Crippen LogP contribution in [0.5, 0.6) is 0 Å². The Bertz CT molecular complexity index is 269. The lowest BCUT2D eigenvalue weighted by atomic mass is 9.73. The zero-order chi connectivity index (χ0) is 15.8. The molecule has 6 nitrogen and oxygen atoms in total. The lowest BCUT2D eigenvalue weighted by Crippen LogP contribution is -2.50. The number of hydrogen-bond donors (Lipinski definition) is 4. The van der Waals surface area contributed by atoms with E-state index in [1.165, 1.54) is 0 Å². The summed E-state index contributed by atoms with van der Waals surface area (Å²) in [7, 11) is 0. The van der Waals surface area contributed by atoms with E-state index < -0.39 is 17.6 Å². The first-order valence-corrected chi connectivity index (χ1v) is 6.98. The standard InChI is InChI=1S/C9H19NO3.C5H10O2/c1-7(12)8(13)9(6-11)2-4-10-5-3-9;1-5(2,3)7-4-6/h7-8,10-13H,2-6H2,1H3;4H,1-3H3/t7-,8?;/m0./s1. The maximum atomic E-state index is 9.76. The number of nitrogens with one attached hydrogen (secondary N) is 1. The van der Waals surface area contributed by atoms with Gasteiger partial charge in [-0.3, -0.25) is 4.79 Å². The minimum absolute atomic E-state index is 0.0548. The summed E-state index contributed by atoms with van der Waals surface area (Å²) in [4.78, 5) is 9.60. The molecule has 0 aromatic rings. The molecule has 1 rings (SSSR count). The SMILES string of the molecule is CC(C)(C)OC=O.C[C@H](O)C(O)C1(CO)CCNCC1. The second-order valence-corrected chi connectivity index (χ2v) is 6.28. The number of ether oxygens (including phenoxy) is 1. The molecule has 0 spiro atoms. The molecule has 0 saturated carbocycles. The highest BCUT2D eigenvalue weighted by molar-refractivity contribution is 5.37. The fourth-order valence-corrected chi connectivity index (χ4v) is 2.13. The molecule has 0 amide bonds. The molecule has 2 atom stereocenters. The van der Waals surface area contributed by atoms with Crippen molar-refractivity contribution in [3.8, 4) is 0 Å². The van der Waals surface area contributed by atoms with E-state index in [2.05, 4.69) is 10.1 Å². The maximum Gasteiger partial charge on any atom is 0.293 e. The lowest BCUT2D eigenvalue weighted by molar-refractivity contribution is -0.138. The molecule has 1 heterocycles. The molecular formula is C14H29NO5. The van der Waals surface area contributed by atoms with Crippen LogP contribution in [0.2, 0.25) is 0 Å². The summed E-state index contributed by atoms with van der Waals surface area (Å²) in [5, 5.41) is 31.5. The van der Waals surface area contributed by atoms with Gasteiger partial charge in [0.2, 0.25) is 0 Å². The van der Waals surface area contributed by atoms with Gasteiger partial charge in [0.1, 0.15) is 5.60 Å². The molecule has 6 heteroatoms. The molecule has 1 saturated heterocycles. The normalized spacial score (nSPS) is 21.1. The largest absolute Gasteiger partial charge is 0.462 e. The van der Waals surface area contributed by atoms with Crippen molar-refractivity contribution in [2.45, 2.75) is 58.3 Å². The Balaban J connectivity index is 0.000000441. The summed E-state index contributed by atoms with van der Waals surface area (Å²) in [6.45, 7) is 9.02. The van der Waals surface area contributed by atoms with Crippen LogP contribution in [0, 0.1) is 5.41 Å². The monoisotopic (exact) mass is 291 g/mol. The van der Waals surface area contributed by atoms with Crippen LogP contribution in [0.25, 0.3) is 0 Å². The predicted molar refractivity (Wildman–Crippen MR) is 76.2 cm³/mol. The van der Waals surface area contributed by atoms with Gasteiger partial charge in [-0.2, -0.15) is 0 Å². The molecule has 4 N–H and O–H groups in total. The maximum absolute atomic E-state index is 9.76. The van der Waals surface area contributed by atoms with Gasteiger partial charge in [-0.1, -0.05) is 0 Å². The number of carbonyl (C=O) groups is 1. The van der Waals surface area contributed by atoms with Crippen LogP contribution in [0.15, 0.2) is 0 Å². The van der Waals surface area contributed by atoms with E-state index in [0.29, 0.717) is 6.47 Å². The third kappa shape index (κ3) is 6.65. The quantitative estimate of drug-likeness (QED) is 0.546. The number of piperidine rings is 1. The highest BCUT2D eigenvalue weighted by atomic mass is 16.5. The van der Waals surface area contributed by atoms with E-state index in [0.717, 1.165) is 25.9 Å². The molecule has 0 aromatic carbocycles. The lowest BCUT2D eigenvalue weighted by Gasteiger charge is -2.41. The minimum atomic E-state index is -0.820. The van der Waals surface area contributed by atoms with Gasteiger partial charge in [-0.15, -0.1) is 0 Å². The van der Waals surface area contributed by atoms with Crippen LogP contribution in [0.1, 0.15) is 40.5 Å². The Morgan fingerprint density at radius 1 is 1.30 bits per heavy atom. The van der Waals surface area contributed by atoms with Gasteiger partial charge in [0.05, 0.1) is 18.8 Å². The number of carbonyl (C=O) groups excluding carboxylic acids is 1. The van der Waals surface area contributed by atoms with E-state index in [-0.39, 0.29) is 12.2 Å². The number of aliphatic hydroxyl groups excluding tert-OH is 3. The molecule has 1 fully saturated rings. The molecular weight excluding hydrogens is 262 g/mol. The summed E-state index contributed by atoms with van der Waals surface area (Å²) >= 11 is 0. The van der Waals surface area contributed by atoms with Gasteiger partial charge in [0.25, 0.3) is 6.47 Å². The molecule has 1 aliphatic heterocycles. The van der Waals surface area contributed by atoms with Crippen molar-refractivity contribution in [2.24, 2.45) is 5.41 Å². The first-order chi connectivity index (χ1) is 9.18. The summed E-state index contributed by atoms with van der Waals surface area (Å²) in [5.74, 6) is 0.